The molecule has 1 aliphatic rings. The van der Waals surface area contributed by atoms with E-state index in [-0.39, 0.29) is 11.4 Å². The number of nitro groups is 1. The highest BCUT2D eigenvalue weighted by Gasteiger charge is 2.23. The summed E-state index contributed by atoms with van der Waals surface area (Å²) < 4.78 is 10.6. The minimum Gasteiger partial charge on any atom is -0.486 e. The summed E-state index contributed by atoms with van der Waals surface area (Å²) in [4.78, 5) is 23.3. The van der Waals surface area contributed by atoms with Crippen LogP contribution in [0.3, 0.4) is 0 Å². The molecule has 1 aliphatic heterocycles. The van der Waals surface area contributed by atoms with Crippen LogP contribution in [0.15, 0.2) is 12.1 Å². The molecule has 1 N–H and O–H groups in total. The van der Waals surface area contributed by atoms with Gasteiger partial charge in [0.15, 0.2) is 11.5 Å². The normalized spacial score (nSPS) is 12.7. The molecule has 0 bridgehead atoms. The Morgan fingerprint density at radius 1 is 1.32 bits per heavy atom. The quantitative estimate of drug-likeness (QED) is 0.646. The Hall–Kier alpha value is -2.51. The lowest BCUT2D eigenvalue weighted by molar-refractivity contribution is -0.384. The van der Waals surface area contributed by atoms with Crippen LogP contribution >= 0.6 is 0 Å². The maximum Gasteiger partial charge on any atom is 0.321 e. The molecular weight excluding hydrogens is 254 g/mol. The Balaban J connectivity index is 2.40. The molecule has 0 aromatic heterocycles. The number of amides is 2. The molecule has 0 saturated heterocycles. The number of fused-ring (bicyclic) bond motifs is 1. The monoisotopic (exact) mass is 267 g/mol. The summed E-state index contributed by atoms with van der Waals surface area (Å²) in [6.45, 7) is 0.708. The van der Waals surface area contributed by atoms with Gasteiger partial charge >= 0.3 is 6.03 Å². The van der Waals surface area contributed by atoms with E-state index in [4.69, 9.17) is 9.47 Å². The van der Waals surface area contributed by atoms with Gasteiger partial charge in [-0.15, -0.1) is 0 Å². The first-order valence-electron chi connectivity index (χ1n) is 5.55. The summed E-state index contributed by atoms with van der Waals surface area (Å²) in [5.74, 6) is 0.687. The Morgan fingerprint density at radius 3 is 2.42 bits per heavy atom. The number of nitrogens with zero attached hydrogens (tertiary/aromatic N) is 2. The summed E-state index contributed by atoms with van der Waals surface area (Å²) in [6, 6.07) is 2.19. The van der Waals surface area contributed by atoms with E-state index in [1.165, 1.54) is 17.0 Å². The molecule has 19 heavy (non-hydrogen) atoms. The molecule has 0 spiro atoms. The fourth-order valence-electron chi connectivity index (χ4n) is 1.56. The van der Waals surface area contributed by atoms with Crippen molar-refractivity contribution in [2.75, 3.05) is 32.6 Å². The van der Waals surface area contributed by atoms with E-state index in [0.717, 1.165) is 0 Å². The van der Waals surface area contributed by atoms with Crippen LogP contribution < -0.4 is 14.8 Å². The third kappa shape index (κ3) is 2.67. The second-order valence-corrected chi connectivity index (χ2v) is 4.09. The van der Waals surface area contributed by atoms with Gasteiger partial charge in [0.1, 0.15) is 18.9 Å². The fourth-order valence-corrected chi connectivity index (χ4v) is 1.56. The van der Waals surface area contributed by atoms with Crippen LogP contribution in [-0.2, 0) is 0 Å². The minimum atomic E-state index is -0.580. The molecule has 0 fully saturated rings. The molecule has 0 aliphatic carbocycles. The van der Waals surface area contributed by atoms with Crippen LogP contribution in [0.4, 0.5) is 16.2 Å². The lowest BCUT2D eigenvalue weighted by Gasteiger charge is -2.19. The first kappa shape index (κ1) is 12.9. The van der Waals surface area contributed by atoms with Crippen molar-refractivity contribution in [3.8, 4) is 11.5 Å². The molecule has 2 rings (SSSR count). The van der Waals surface area contributed by atoms with Crippen LogP contribution in [-0.4, -0.2) is 43.2 Å². The van der Waals surface area contributed by atoms with Gasteiger partial charge in [-0.05, 0) is 0 Å². The standard InChI is InChI=1S/C11H13N3O5/c1-13(2)11(15)12-7-5-9-10(19-4-3-18-9)6-8(7)14(16)17/h5-6H,3-4H2,1-2H3,(H,12,15). The molecule has 2 amide bonds. The van der Waals surface area contributed by atoms with Crippen molar-refractivity contribution in [1.29, 1.82) is 0 Å². The maximum atomic E-state index is 11.6. The number of nitro benzene ring substituents is 1. The van der Waals surface area contributed by atoms with Gasteiger partial charge in [-0.3, -0.25) is 10.1 Å². The van der Waals surface area contributed by atoms with Gasteiger partial charge in [0.25, 0.3) is 5.69 Å². The Labute approximate surface area is 109 Å². The minimum absolute atomic E-state index is 0.0768. The summed E-state index contributed by atoms with van der Waals surface area (Å²) in [5, 5.41) is 13.5. The second-order valence-electron chi connectivity index (χ2n) is 4.09. The predicted molar refractivity (Wildman–Crippen MR) is 66.8 cm³/mol. The molecule has 0 radical (unpaired) electrons. The number of anilines is 1. The number of ether oxygens (including phenoxy) is 2. The molecule has 102 valence electrons. The van der Waals surface area contributed by atoms with Gasteiger partial charge in [0, 0.05) is 20.2 Å². The van der Waals surface area contributed by atoms with Crippen molar-refractivity contribution in [1.82, 2.24) is 4.90 Å². The third-order valence-corrected chi connectivity index (χ3v) is 2.50. The summed E-state index contributed by atoms with van der Waals surface area (Å²) in [6.07, 6.45) is 0. The van der Waals surface area contributed by atoms with Gasteiger partial charge in [-0.2, -0.15) is 0 Å². The molecule has 8 heteroatoms. The highest BCUT2D eigenvalue weighted by atomic mass is 16.6. The zero-order chi connectivity index (χ0) is 14.0. The SMILES string of the molecule is CN(C)C(=O)Nc1cc2c(cc1[N+](=O)[O-])OCCO2. The smallest absolute Gasteiger partial charge is 0.321 e. The average Bonchev–Trinajstić information content (AvgIpc) is 2.37. The zero-order valence-electron chi connectivity index (χ0n) is 10.5. The maximum absolute atomic E-state index is 11.6. The highest BCUT2D eigenvalue weighted by molar-refractivity contribution is 5.92. The number of urea groups is 1. The number of hydrogen-bond acceptors (Lipinski definition) is 5. The zero-order valence-corrected chi connectivity index (χ0v) is 10.5. The van der Waals surface area contributed by atoms with E-state index < -0.39 is 11.0 Å². The number of rotatable bonds is 2. The van der Waals surface area contributed by atoms with Crippen LogP contribution in [0.2, 0.25) is 0 Å². The molecule has 8 nitrogen and oxygen atoms in total. The Morgan fingerprint density at radius 2 is 1.89 bits per heavy atom. The van der Waals surface area contributed by atoms with E-state index in [0.29, 0.717) is 24.7 Å². The van der Waals surface area contributed by atoms with E-state index >= 15 is 0 Å². The van der Waals surface area contributed by atoms with Gasteiger partial charge < -0.3 is 19.7 Å². The molecule has 1 aromatic carbocycles. The van der Waals surface area contributed by atoms with Crippen molar-refractivity contribution >= 4 is 17.4 Å². The predicted octanol–water partition coefficient (Wildman–Crippen LogP) is 1.46. The summed E-state index contributed by atoms with van der Waals surface area (Å²) in [5.41, 5.74) is -0.160. The van der Waals surface area contributed by atoms with Gasteiger partial charge in [-0.1, -0.05) is 0 Å². The lowest BCUT2D eigenvalue weighted by Crippen LogP contribution is -2.27. The van der Waals surface area contributed by atoms with Crippen molar-refractivity contribution in [2.45, 2.75) is 0 Å². The molecule has 0 unspecified atom stereocenters. The molecule has 0 atom stereocenters. The largest absolute Gasteiger partial charge is 0.486 e. The summed E-state index contributed by atoms with van der Waals surface area (Å²) >= 11 is 0. The van der Waals surface area contributed by atoms with Gasteiger partial charge in [0.05, 0.1) is 11.0 Å². The Kier molecular flexibility index (Phi) is 3.41. The number of carbonyl (C=O) groups is 1. The molecular formula is C11H13N3O5. The molecule has 0 saturated carbocycles. The van der Waals surface area contributed by atoms with Gasteiger partial charge in [-0.25, -0.2) is 4.79 Å². The van der Waals surface area contributed by atoms with Crippen LogP contribution in [0.5, 0.6) is 11.5 Å². The lowest BCUT2D eigenvalue weighted by atomic mass is 10.2. The topological polar surface area (TPSA) is 93.9 Å². The van der Waals surface area contributed by atoms with E-state index in [9.17, 15) is 14.9 Å². The van der Waals surface area contributed by atoms with Crippen LogP contribution in [0.1, 0.15) is 0 Å². The molecule has 1 heterocycles. The molecule has 1 aromatic rings. The summed E-state index contributed by atoms with van der Waals surface area (Å²) in [7, 11) is 3.08. The Bertz CT molecular complexity index is 529. The number of nitrogens with one attached hydrogen (secondary N) is 1. The van der Waals surface area contributed by atoms with E-state index in [1.54, 1.807) is 14.1 Å². The second kappa shape index (κ2) is 5.01. The van der Waals surface area contributed by atoms with Crippen molar-refractivity contribution in [3.63, 3.8) is 0 Å². The van der Waals surface area contributed by atoms with Crippen LogP contribution in [0.25, 0.3) is 0 Å². The van der Waals surface area contributed by atoms with E-state index in [2.05, 4.69) is 5.32 Å². The fraction of sp³-hybridized carbons (Fsp3) is 0.364. The van der Waals surface area contributed by atoms with Gasteiger partial charge in [0.2, 0.25) is 0 Å². The number of hydrogen-bond donors (Lipinski definition) is 1. The number of benzene rings is 1. The van der Waals surface area contributed by atoms with E-state index in [1.807, 2.05) is 0 Å². The third-order valence-electron chi connectivity index (χ3n) is 2.50. The highest BCUT2D eigenvalue weighted by Crippen LogP contribution is 2.39. The van der Waals surface area contributed by atoms with Crippen LogP contribution in [0, 0.1) is 10.1 Å². The average molecular weight is 267 g/mol. The van der Waals surface area contributed by atoms with Crippen molar-refractivity contribution in [2.24, 2.45) is 0 Å². The van der Waals surface area contributed by atoms with Crippen molar-refractivity contribution < 1.29 is 19.2 Å². The number of carbonyl (C=O) groups excluding carboxylic acids is 1. The van der Waals surface area contributed by atoms with Crippen molar-refractivity contribution in [3.05, 3.63) is 22.2 Å². The first-order chi connectivity index (χ1) is 8.99. The first-order valence-corrected chi connectivity index (χ1v) is 5.55.